The highest BCUT2D eigenvalue weighted by Crippen LogP contribution is 2.26. The summed E-state index contributed by atoms with van der Waals surface area (Å²) in [5.41, 5.74) is 3.27. The lowest BCUT2D eigenvalue weighted by Gasteiger charge is -2.15. The molecule has 4 rings (SSSR count). The van der Waals surface area contributed by atoms with Gasteiger partial charge in [-0.25, -0.2) is 13.4 Å². The monoisotopic (exact) mass is 440 g/mol. The Kier molecular flexibility index (Phi) is 6.36. The van der Waals surface area contributed by atoms with E-state index in [2.05, 4.69) is 15.2 Å². The van der Waals surface area contributed by atoms with E-state index < -0.39 is 9.84 Å². The summed E-state index contributed by atoms with van der Waals surface area (Å²) in [4.78, 5) is 4.49. The second-order valence-electron chi connectivity index (χ2n) is 8.17. The summed E-state index contributed by atoms with van der Waals surface area (Å²) in [7, 11) is -3.49. The van der Waals surface area contributed by atoms with Crippen LogP contribution in [0.25, 0.3) is 0 Å². The van der Waals surface area contributed by atoms with Crippen LogP contribution in [0.5, 0.6) is 5.88 Å². The highest BCUT2D eigenvalue weighted by molar-refractivity contribution is 7.89. The summed E-state index contributed by atoms with van der Waals surface area (Å²) in [6, 6.07) is 11.7. The maximum Gasteiger partial charge on any atom is 0.218 e. The van der Waals surface area contributed by atoms with Gasteiger partial charge in [0.2, 0.25) is 5.88 Å². The molecule has 0 atom stereocenters. The molecule has 164 valence electrons. The fourth-order valence-electron chi connectivity index (χ4n) is 3.97. The van der Waals surface area contributed by atoms with Crippen LogP contribution in [0.15, 0.2) is 36.4 Å². The summed E-state index contributed by atoms with van der Waals surface area (Å²) in [6.07, 6.45) is 4.08. The number of aryl methyl sites for hydroxylation is 3. The van der Waals surface area contributed by atoms with Crippen LogP contribution in [0, 0.1) is 13.8 Å². The molecule has 0 radical (unpaired) electrons. The van der Waals surface area contributed by atoms with E-state index in [9.17, 15) is 8.42 Å². The molecular weight excluding hydrogens is 412 g/mol. The van der Waals surface area contributed by atoms with E-state index in [1.807, 2.05) is 54.8 Å². The fourth-order valence-corrected chi connectivity index (χ4v) is 5.47. The van der Waals surface area contributed by atoms with Gasteiger partial charge in [0.05, 0.1) is 5.75 Å². The molecule has 2 aromatic heterocycles. The van der Waals surface area contributed by atoms with Crippen LogP contribution in [0.3, 0.4) is 0 Å². The molecule has 0 bridgehead atoms. The molecular formula is C23H28N4O3S. The molecule has 3 aromatic rings. The zero-order chi connectivity index (χ0) is 21.8. The van der Waals surface area contributed by atoms with Crippen LogP contribution in [0.2, 0.25) is 0 Å². The molecule has 1 aliphatic heterocycles. The number of ether oxygens (including phenoxy) is 1. The van der Waals surface area contributed by atoms with E-state index in [0.29, 0.717) is 23.9 Å². The minimum absolute atomic E-state index is 0.133. The van der Waals surface area contributed by atoms with Gasteiger partial charge in [-0.3, -0.25) is 0 Å². The van der Waals surface area contributed by atoms with Gasteiger partial charge in [0.15, 0.2) is 9.84 Å². The van der Waals surface area contributed by atoms with Gasteiger partial charge in [0.25, 0.3) is 0 Å². The minimum atomic E-state index is -3.49. The molecule has 0 unspecified atom stereocenters. The van der Waals surface area contributed by atoms with Gasteiger partial charge in [-0.15, -0.1) is 10.2 Å². The molecule has 1 aliphatic rings. The number of pyridine rings is 1. The summed E-state index contributed by atoms with van der Waals surface area (Å²) in [6.45, 7) is 4.90. The van der Waals surface area contributed by atoms with Gasteiger partial charge in [-0.05, 0) is 43.9 Å². The first-order chi connectivity index (χ1) is 14.9. The van der Waals surface area contributed by atoms with E-state index in [4.69, 9.17) is 4.74 Å². The lowest BCUT2D eigenvalue weighted by molar-refractivity contribution is 0.290. The van der Waals surface area contributed by atoms with E-state index in [-0.39, 0.29) is 11.5 Å². The number of benzene rings is 1. The van der Waals surface area contributed by atoms with Crippen molar-refractivity contribution in [2.45, 2.75) is 64.2 Å². The molecule has 8 heteroatoms. The average molecular weight is 441 g/mol. The lowest BCUT2D eigenvalue weighted by Crippen LogP contribution is -2.15. The van der Waals surface area contributed by atoms with E-state index in [1.165, 1.54) is 0 Å². The molecule has 0 amide bonds. The van der Waals surface area contributed by atoms with Crippen molar-refractivity contribution in [1.29, 1.82) is 0 Å². The summed E-state index contributed by atoms with van der Waals surface area (Å²) >= 11 is 0. The summed E-state index contributed by atoms with van der Waals surface area (Å²) in [5, 5.41) is 8.42. The number of hydrogen-bond donors (Lipinski definition) is 0. The third-order valence-corrected chi connectivity index (χ3v) is 6.98. The number of aromatic nitrogens is 4. The maximum atomic E-state index is 13.1. The quantitative estimate of drug-likeness (QED) is 0.557. The van der Waals surface area contributed by atoms with Gasteiger partial charge in [0, 0.05) is 24.2 Å². The predicted octanol–water partition coefficient (Wildman–Crippen LogP) is 3.71. The minimum Gasteiger partial charge on any atom is -0.473 e. The Morgan fingerprint density at radius 2 is 1.84 bits per heavy atom. The highest BCUT2D eigenvalue weighted by Gasteiger charge is 2.24. The van der Waals surface area contributed by atoms with Crippen molar-refractivity contribution in [2.75, 3.05) is 0 Å². The number of hydrogen-bond acceptors (Lipinski definition) is 6. The molecule has 0 aliphatic carbocycles. The first-order valence-corrected chi connectivity index (χ1v) is 12.5. The molecule has 1 aromatic carbocycles. The van der Waals surface area contributed by atoms with Crippen LogP contribution in [-0.4, -0.2) is 28.2 Å². The first-order valence-electron chi connectivity index (χ1n) is 10.7. The number of nitrogens with zero attached hydrogens (tertiary/aromatic N) is 4. The normalized spacial score (nSPS) is 14.1. The Morgan fingerprint density at radius 1 is 1.03 bits per heavy atom. The Morgan fingerprint density at radius 3 is 2.65 bits per heavy atom. The highest BCUT2D eigenvalue weighted by atomic mass is 32.2. The first kappa shape index (κ1) is 21.5. The van der Waals surface area contributed by atoms with E-state index >= 15 is 0 Å². The van der Waals surface area contributed by atoms with Crippen LogP contribution >= 0.6 is 0 Å². The summed E-state index contributed by atoms with van der Waals surface area (Å²) < 4.78 is 34.2. The SMILES string of the molecule is Cc1cc(C)c(CS(=O)(=O)Cc2nnc3n2CCCCC3)c(OCc2ccccc2)n1. The Balaban J connectivity index is 1.56. The van der Waals surface area contributed by atoms with Gasteiger partial charge >= 0.3 is 0 Å². The predicted molar refractivity (Wildman–Crippen MR) is 118 cm³/mol. The van der Waals surface area contributed by atoms with Crippen molar-refractivity contribution in [3.63, 3.8) is 0 Å². The number of sulfone groups is 1. The molecule has 0 N–H and O–H groups in total. The van der Waals surface area contributed by atoms with Crippen LogP contribution in [0.4, 0.5) is 0 Å². The molecule has 3 heterocycles. The number of rotatable bonds is 7. The van der Waals surface area contributed by atoms with Gasteiger partial charge in [-0.1, -0.05) is 36.8 Å². The smallest absolute Gasteiger partial charge is 0.218 e. The zero-order valence-corrected chi connectivity index (χ0v) is 18.9. The molecule has 0 fully saturated rings. The lowest BCUT2D eigenvalue weighted by atomic mass is 10.1. The molecule has 7 nitrogen and oxygen atoms in total. The topological polar surface area (TPSA) is 87.0 Å². The molecule has 0 spiro atoms. The van der Waals surface area contributed by atoms with Gasteiger partial charge in [-0.2, -0.15) is 0 Å². The average Bonchev–Trinajstić information content (AvgIpc) is 2.95. The van der Waals surface area contributed by atoms with Crippen molar-refractivity contribution in [3.05, 3.63) is 70.4 Å². The van der Waals surface area contributed by atoms with Crippen LogP contribution < -0.4 is 4.74 Å². The zero-order valence-electron chi connectivity index (χ0n) is 18.0. The van der Waals surface area contributed by atoms with Crippen molar-refractivity contribution >= 4 is 9.84 Å². The maximum absolute atomic E-state index is 13.1. The Hall–Kier alpha value is -2.74. The third-order valence-electron chi connectivity index (χ3n) is 5.56. The van der Waals surface area contributed by atoms with Crippen molar-refractivity contribution < 1.29 is 13.2 Å². The Bertz CT molecular complexity index is 1160. The summed E-state index contributed by atoms with van der Waals surface area (Å²) in [5.74, 6) is 1.53. The molecule has 31 heavy (non-hydrogen) atoms. The van der Waals surface area contributed by atoms with Crippen LogP contribution in [-0.2, 0) is 40.9 Å². The second-order valence-corrected chi connectivity index (χ2v) is 10.2. The van der Waals surface area contributed by atoms with Gasteiger partial charge in [0.1, 0.15) is 24.0 Å². The van der Waals surface area contributed by atoms with E-state index in [1.54, 1.807) is 0 Å². The van der Waals surface area contributed by atoms with Crippen molar-refractivity contribution in [2.24, 2.45) is 0 Å². The van der Waals surface area contributed by atoms with E-state index in [0.717, 1.165) is 54.9 Å². The standard InChI is InChI=1S/C23H28N4O3S/c1-17-13-18(2)24-23(30-14-19-9-5-3-6-10-19)20(17)15-31(28,29)16-22-26-25-21-11-7-4-8-12-27(21)22/h3,5-6,9-10,13H,4,7-8,11-12,14-16H2,1-2H3. The van der Waals surface area contributed by atoms with Crippen LogP contribution in [0.1, 0.15) is 53.3 Å². The molecule has 0 saturated carbocycles. The fraction of sp³-hybridized carbons (Fsp3) is 0.435. The second kappa shape index (κ2) is 9.18. The van der Waals surface area contributed by atoms with Crippen molar-refractivity contribution in [3.8, 4) is 5.88 Å². The van der Waals surface area contributed by atoms with Crippen molar-refractivity contribution in [1.82, 2.24) is 19.7 Å². The van der Waals surface area contributed by atoms with Gasteiger partial charge < -0.3 is 9.30 Å². The largest absolute Gasteiger partial charge is 0.473 e. The number of fused-ring (bicyclic) bond motifs is 1. The Labute approximate surface area is 183 Å². The third kappa shape index (κ3) is 5.31. The molecule has 0 saturated heterocycles.